The Balaban J connectivity index is 1.62. The Morgan fingerprint density at radius 3 is 2.66 bits per heavy atom. The third-order valence-electron chi connectivity index (χ3n) is 4.97. The molecule has 0 radical (unpaired) electrons. The van der Waals surface area contributed by atoms with Gasteiger partial charge in [0.1, 0.15) is 17.1 Å². The highest BCUT2D eigenvalue weighted by Gasteiger charge is 2.27. The molecule has 3 rings (SSSR count). The average molecular weight is 456 g/mol. The zero-order valence-corrected chi connectivity index (χ0v) is 18.7. The Labute approximate surface area is 185 Å². The van der Waals surface area contributed by atoms with Gasteiger partial charge in [0.25, 0.3) is 6.01 Å². The van der Waals surface area contributed by atoms with Crippen molar-refractivity contribution in [2.24, 2.45) is 18.7 Å². The summed E-state index contributed by atoms with van der Waals surface area (Å²) < 4.78 is 53.3. The van der Waals surface area contributed by atoms with E-state index >= 15 is 0 Å². The fraction of sp³-hybridized carbons (Fsp3) is 0.619. The van der Waals surface area contributed by atoms with E-state index < -0.39 is 30.1 Å². The molecule has 1 aliphatic rings. The number of carbonyl (C=O) groups excluding carboxylic acids is 1. The second-order valence-electron chi connectivity index (χ2n) is 8.35. The van der Waals surface area contributed by atoms with Crippen LogP contribution >= 0.6 is 0 Å². The number of aromatic nitrogens is 2. The number of hydrogen-bond acceptors (Lipinski definition) is 6. The fourth-order valence-electron chi connectivity index (χ4n) is 3.34. The topological polar surface area (TPSA) is 110 Å². The largest absolute Gasteiger partial charge is 0.490 e. The monoisotopic (exact) mass is 456 g/mol. The van der Waals surface area contributed by atoms with Gasteiger partial charge in [-0.3, -0.25) is 4.57 Å². The number of fused-ring (bicyclic) bond motifs is 1. The maximum Gasteiger partial charge on any atom is 0.312 e. The van der Waals surface area contributed by atoms with Crippen LogP contribution in [0.25, 0.3) is 11.0 Å². The second-order valence-corrected chi connectivity index (χ2v) is 8.35. The van der Waals surface area contributed by atoms with Crippen molar-refractivity contribution in [3.8, 4) is 11.8 Å². The van der Waals surface area contributed by atoms with Crippen molar-refractivity contribution in [1.82, 2.24) is 14.9 Å². The zero-order chi connectivity index (χ0) is 23.4. The van der Waals surface area contributed by atoms with Crippen molar-refractivity contribution in [2.75, 3.05) is 19.8 Å². The maximum absolute atomic E-state index is 14.9. The van der Waals surface area contributed by atoms with Crippen molar-refractivity contribution < 1.29 is 32.5 Å². The summed E-state index contributed by atoms with van der Waals surface area (Å²) in [4.78, 5) is 15.0. The van der Waals surface area contributed by atoms with Crippen molar-refractivity contribution in [1.29, 1.82) is 0 Å². The Kier molecular flexibility index (Phi) is 7.73. The summed E-state index contributed by atoms with van der Waals surface area (Å²) in [5.74, 6) is -1.39. The maximum atomic E-state index is 14.9. The third-order valence-corrected chi connectivity index (χ3v) is 4.97. The first-order chi connectivity index (χ1) is 15.2. The number of nitrogens with one attached hydrogen (secondary N) is 1. The Morgan fingerprint density at radius 1 is 1.34 bits per heavy atom. The molecule has 2 heterocycles. The Hall–Kier alpha value is -2.66. The summed E-state index contributed by atoms with van der Waals surface area (Å²) in [6.45, 7) is 6.38. The lowest BCUT2D eigenvalue weighted by molar-refractivity contribution is -0.215. The van der Waals surface area contributed by atoms with Crippen LogP contribution in [0, 0.1) is 17.6 Å². The number of hydrogen-bond donors (Lipinski definition) is 2. The lowest BCUT2D eigenvalue weighted by atomic mass is 10.2. The molecule has 0 aliphatic carbocycles. The SMILES string of the molecule is CC(C)COc1cc(F)c2nc(OC3COC(CCC(C)NC(N)=O)OC3)n(C)c2c1F. The van der Waals surface area contributed by atoms with E-state index in [4.69, 9.17) is 24.7 Å². The number of ether oxygens (including phenoxy) is 4. The molecule has 178 valence electrons. The van der Waals surface area contributed by atoms with Crippen molar-refractivity contribution >= 4 is 17.1 Å². The molecule has 1 fully saturated rings. The van der Waals surface area contributed by atoms with Crippen molar-refractivity contribution in [3.63, 3.8) is 0 Å². The summed E-state index contributed by atoms with van der Waals surface area (Å²) in [7, 11) is 1.54. The molecular weight excluding hydrogens is 426 g/mol. The summed E-state index contributed by atoms with van der Waals surface area (Å²) in [6.07, 6.45) is 0.258. The van der Waals surface area contributed by atoms with E-state index in [1.54, 1.807) is 7.05 Å². The first-order valence-corrected chi connectivity index (χ1v) is 10.6. The molecular formula is C21H30F2N4O5. The number of primary amides is 1. The molecule has 11 heteroatoms. The zero-order valence-electron chi connectivity index (χ0n) is 18.7. The van der Waals surface area contributed by atoms with Gasteiger partial charge in [0.15, 0.2) is 23.7 Å². The molecule has 1 unspecified atom stereocenters. The number of nitrogens with zero attached hydrogens (tertiary/aromatic N) is 2. The first-order valence-electron chi connectivity index (χ1n) is 10.6. The van der Waals surface area contributed by atoms with E-state index in [2.05, 4.69) is 10.3 Å². The minimum absolute atomic E-state index is 0.0368. The molecule has 9 nitrogen and oxygen atoms in total. The lowest BCUT2D eigenvalue weighted by Gasteiger charge is -2.29. The molecule has 1 aromatic heterocycles. The van der Waals surface area contributed by atoms with E-state index in [1.807, 2.05) is 20.8 Å². The summed E-state index contributed by atoms with van der Waals surface area (Å²) in [6, 6.07) is 0.370. The normalized spacial score (nSPS) is 19.8. The van der Waals surface area contributed by atoms with E-state index in [0.717, 1.165) is 6.07 Å². The van der Waals surface area contributed by atoms with Gasteiger partial charge in [-0.15, -0.1) is 0 Å². The van der Waals surface area contributed by atoms with Gasteiger partial charge in [0.2, 0.25) is 0 Å². The number of rotatable bonds is 9. The molecule has 0 bridgehead atoms. The number of imidazole rings is 1. The van der Waals surface area contributed by atoms with Crippen LogP contribution in [0.15, 0.2) is 6.07 Å². The molecule has 0 saturated carbocycles. The number of nitrogens with two attached hydrogens (primary N) is 1. The van der Waals surface area contributed by atoms with Crippen molar-refractivity contribution in [2.45, 2.75) is 52.0 Å². The van der Waals surface area contributed by atoms with Crippen LogP contribution in [0.4, 0.5) is 13.6 Å². The van der Waals surface area contributed by atoms with E-state index in [0.29, 0.717) is 12.8 Å². The number of halogens is 2. The average Bonchev–Trinajstić information content (AvgIpc) is 3.05. The number of amides is 2. The summed E-state index contributed by atoms with van der Waals surface area (Å²) >= 11 is 0. The van der Waals surface area contributed by atoms with Gasteiger partial charge in [-0.05, 0) is 19.3 Å². The Morgan fingerprint density at radius 2 is 2.03 bits per heavy atom. The van der Waals surface area contributed by atoms with Gasteiger partial charge < -0.3 is 30.0 Å². The number of urea groups is 1. The second kappa shape index (κ2) is 10.3. The predicted molar refractivity (Wildman–Crippen MR) is 112 cm³/mol. The summed E-state index contributed by atoms with van der Waals surface area (Å²) in [5, 5.41) is 2.59. The van der Waals surface area contributed by atoms with Gasteiger partial charge in [0, 0.05) is 25.6 Å². The van der Waals surface area contributed by atoms with Crippen LogP contribution in [-0.2, 0) is 16.5 Å². The molecule has 0 spiro atoms. The molecule has 1 aliphatic heterocycles. The van der Waals surface area contributed by atoms with E-state index in [9.17, 15) is 13.6 Å². The van der Waals surface area contributed by atoms with Gasteiger partial charge in [0.05, 0.1) is 19.8 Å². The molecule has 32 heavy (non-hydrogen) atoms. The summed E-state index contributed by atoms with van der Waals surface area (Å²) in [5.41, 5.74) is 4.92. The van der Waals surface area contributed by atoms with Crippen molar-refractivity contribution in [3.05, 3.63) is 17.7 Å². The molecule has 2 aromatic rings. The molecule has 1 atom stereocenters. The molecule has 1 aromatic carbocycles. The molecule has 1 saturated heterocycles. The number of benzene rings is 1. The highest BCUT2D eigenvalue weighted by Crippen LogP contribution is 2.32. The van der Waals surface area contributed by atoms with E-state index in [1.165, 1.54) is 4.57 Å². The number of carbonyl (C=O) groups is 1. The number of aryl methyl sites for hydroxylation is 1. The Bertz CT molecular complexity index is 944. The predicted octanol–water partition coefficient (Wildman–Crippen LogP) is 2.84. The van der Waals surface area contributed by atoms with Crippen LogP contribution in [0.3, 0.4) is 0 Å². The van der Waals surface area contributed by atoms with Gasteiger partial charge in [-0.25, -0.2) is 13.6 Å². The van der Waals surface area contributed by atoms with Gasteiger partial charge in [-0.2, -0.15) is 4.98 Å². The van der Waals surface area contributed by atoms with Gasteiger partial charge >= 0.3 is 6.03 Å². The van der Waals surface area contributed by atoms with Gasteiger partial charge in [-0.1, -0.05) is 13.8 Å². The lowest BCUT2D eigenvalue weighted by Crippen LogP contribution is -2.41. The molecule has 3 N–H and O–H groups in total. The molecule has 2 amide bonds. The fourth-order valence-corrected chi connectivity index (χ4v) is 3.34. The third kappa shape index (κ3) is 5.77. The van der Waals surface area contributed by atoms with Crippen LogP contribution in [-0.4, -0.2) is 53.8 Å². The van der Waals surface area contributed by atoms with Crippen LogP contribution in [0.5, 0.6) is 11.8 Å². The van der Waals surface area contributed by atoms with Crippen LogP contribution in [0.1, 0.15) is 33.6 Å². The first kappa shape index (κ1) is 24.0. The van der Waals surface area contributed by atoms with E-state index in [-0.39, 0.29) is 54.6 Å². The standard InChI is InChI=1S/C21H30F2N4O5/c1-11(2)8-29-15-7-14(22)18-19(17(15)23)27(4)21(26-18)32-13-9-30-16(31-10-13)6-5-12(3)25-20(24)28/h7,11-13,16H,5-6,8-10H2,1-4H3,(H3,24,25,28). The quantitative estimate of drug-likeness (QED) is 0.601. The minimum Gasteiger partial charge on any atom is -0.490 e. The van der Waals surface area contributed by atoms with Crippen LogP contribution in [0.2, 0.25) is 0 Å². The van der Waals surface area contributed by atoms with Crippen LogP contribution < -0.4 is 20.5 Å². The minimum atomic E-state index is -0.694. The smallest absolute Gasteiger partial charge is 0.312 e. The highest BCUT2D eigenvalue weighted by atomic mass is 19.1. The highest BCUT2D eigenvalue weighted by molar-refractivity contribution is 5.80.